The molecule has 33 heavy (non-hydrogen) atoms. The van der Waals surface area contributed by atoms with Crippen LogP contribution in [-0.2, 0) is 6.61 Å². The Bertz CT molecular complexity index is 1430. The summed E-state index contributed by atoms with van der Waals surface area (Å²) < 4.78 is 11.2. The summed E-state index contributed by atoms with van der Waals surface area (Å²) in [6.07, 6.45) is 4.96. The number of methoxy groups -OCH3 is 1. The molecule has 0 saturated heterocycles. The molecule has 2 aromatic carbocycles. The van der Waals surface area contributed by atoms with E-state index in [9.17, 15) is 4.79 Å². The van der Waals surface area contributed by atoms with Gasteiger partial charge in [-0.05, 0) is 29.5 Å². The highest BCUT2D eigenvalue weighted by atomic mass is 32.1. The molecule has 0 spiro atoms. The van der Waals surface area contributed by atoms with E-state index >= 15 is 0 Å². The first-order valence-electron chi connectivity index (χ1n) is 9.99. The lowest BCUT2D eigenvalue weighted by atomic mass is 10.0. The quantitative estimate of drug-likeness (QED) is 0.373. The molecule has 164 valence electrons. The van der Waals surface area contributed by atoms with Crippen LogP contribution < -0.4 is 14.8 Å². The van der Waals surface area contributed by atoms with Crippen molar-refractivity contribution in [2.45, 2.75) is 6.61 Å². The summed E-state index contributed by atoms with van der Waals surface area (Å²) in [5.41, 5.74) is 3.78. The molecule has 0 bridgehead atoms. The molecule has 0 fully saturated rings. The molecular weight excluding hydrogens is 440 g/mol. The van der Waals surface area contributed by atoms with Crippen LogP contribution in [0.3, 0.4) is 0 Å². The molecule has 0 aliphatic carbocycles. The van der Waals surface area contributed by atoms with E-state index in [0.717, 1.165) is 33.4 Å². The minimum absolute atomic E-state index is 0.307. The van der Waals surface area contributed by atoms with Gasteiger partial charge in [0.2, 0.25) is 5.13 Å². The molecule has 9 nitrogen and oxygen atoms in total. The zero-order chi connectivity index (χ0) is 22.6. The summed E-state index contributed by atoms with van der Waals surface area (Å²) in [6, 6.07) is 15.0. The zero-order valence-corrected chi connectivity index (χ0v) is 18.3. The minimum atomic E-state index is -0.329. The summed E-state index contributed by atoms with van der Waals surface area (Å²) in [6.45, 7) is 0.307. The molecule has 2 N–H and O–H groups in total. The number of nitrogens with one attached hydrogen (secondary N) is 2. The molecule has 1 amide bonds. The van der Waals surface area contributed by atoms with Gasteiger partial charge in [0.1, 0.15) is 12.4 Å². The second-order valence-electron chi connectivity index (χ2n) is 6.99. The third kappa shape index (κ3) is 4.23. The Labute approximate surface area is 192 Å². The normalized spacial score (nSPS) is 10.8. The number of hydrogen-bond donors (Lipinski definition) is 2. The number of carbonyl (C=O) groups excluding carboxylic acids is 1. The Morgan fingerprint density at radius 3 is 2.88 bits per heavy atom. The summed E-state index contributed by atoms with van der Waals surface area (Å²) in [7, 11) is 1.59. The van der Waals surface area contributed by atoms with Crippen molar-refractivity contribution in [2.75, 3.05) is 12.4 Å². The van der Waals surface area contributed by atoms with Crippen molar-refractivity contribution in [2.24, 2.45) is 0 Å². The van der Waals surface area contributed by atoms with E-state index in [2.05, 4.69) is 30.7 Å². The molecule has 0 radical (unpaired) electrons. The number of aromatic nitrogens is 5. The van der Waals surface area contributed by atoms with Crippen molar-refractivity contribution in [1.82, 2.24) is 25.4 Å². The SMILES string of the molecule is COc1ccccc1-c1cnccc1C(=O)Nc1nnc(OCc2cccc3[nH]ncc23)s1. The van der Waals surface area contributed by atoms with Crippen LogP contribution >= 0.6 is 11.3 Å². The van der Waals surface area contributed by atoms with Gasteiger partial charge in [0, 0.05) is 34.5 Å². The van der Waals surface area contributed by atoms with Crippen molar-refractivity contribution in [1.29, 1.82) is 0 Å². The lowest BCUT2D eigenvalue weighted by Gasteiger charge is -2.11. The first-order chi connectivity index (χ1) is 16.2. The van der Waals surface area contributed by atoms with E-state index in [0.29, 0.717) is 33.8 Å². The number of benzene rings is 2. The van der Waals surface area contributed by atoms with E-state index < -0.39 is 0 Å². The first-order valence-corrected chi connectivity index (χ1v) is 10.8. The predicted molar refractivity (Wildman–Crippen MR) is 125 cm³/mol. The van der Waals surface area contributed by atoms with E-state index in [-0.39, 0.29) is 5.91 Å². The van der Waals surface area contributed by atoms with Gasteiger partial charge in [0.15, 0.2) is 0 Å². The van der Waals surface area contributed by atoms with E-state index in [1.807, 2.05) is 42.5 Å². The number of rotatable bonds is 7. The average molecular weight is 459 g/mol. The number of fused-ring (bicyclic) bond motifs is 1. The van der Waals surface area contributed by atoms with Gasteiger partial charge in [-0.15, -0.1) is 5.10 Å². The number of H-pyrrole nitrogens is 1. The van der Waals surface area contributed by atoms with Crippen molar-refractivity contribution in [3.63, 3.8) is 0 Å². The summed E-state index contributed by atoms with van der Waals surface area (Å²) in [5, 5.41) is 19.5. The molecule has 5 aromatic rings. The van der Waals surface area contributed by atoms with Crippen molar-refractivity contribution in [3.05, 3.63) is 78.2 Å². The van der Waals surface area contributed by atoms with Crippen LogP contribution in [0.2, 0.25) is 0 Å². The van der Waals surface area contributed by atoms with Crippen LogP contribution in [0.25, 0.3) is 22.0 Å². The second-order valence-corrected chi connectivity index (χ2v) is 7.93. The van der Waals surface area contributed by atoms with E-state index in [1.54, 1.807) is 31.8 Å². The third-order valence-corrected chi connectivity index (χ3v) is 5.77. The number of carbonyl (C=O) groups is 1. The average Bonchev–Trinajstić information content (AvgIpc) is 3.52. The monoisotopic (exact) mass is 458 g/mol. The summed E-state index contributed by atoms with van der Waals surface area (Å²) >= 11 is 1.15. The number of pyridine rings is 1. The molecular formula is C23H18N6O3S. The lowest BCUT2D eigenvalue weighted by molar-refractivity contribution is 0.102. The predicted octanol–water partition coefficient (Wildman–Crippen LogP) is 4.32. The van der Waals surface area contributed by atoms with Crippen LogP contribution in [0.5, 0.6) is 10.9 Å². The zero-order valence-electron chi connectivity index (χ0n) is 17.5. The van der Waals surface area contributed by atoms with Gasteiger partial charge in [0.25, 0.3) is 11.1 Å². The highest BCUT2D eigenvalue weighted by Gasteiger charge is 2.18. The number of nitrogens with zero attached hydrogens (tertiary/aromatic N) is 4. The smallest absolute Gasteiger partial charge is 0.296 e. The Morgan fingerprint density at radius 2 is 1.97 bits per heavy atom. The van der Waals surface area contributed by atoms with Gasteiger partial charge < -0.3 is 9.47 Å². The van der Waals surface area contributed by atoms with Crippen molar-refractivity contribution < 1.29 is 14.3 Å². The lowest BCUT2D eigenvalue weighted by Crippen LogP contribution is -2.13. The third-order valence-electron chi connectivity index (χ3n) is 5.02. The molecule has 0 aliphatic rings. The molecule has 3 aromatic heterocycles. The Morgan fingerprint density at radius 1 is 1.06 bits per heavy atom. The summed E-state index contributed by atoms with van der Waals surface area (Å²) in [5.74, 6) is 0.322. The molecule has 0 unspecified atom stereocenters. The van der Waals surface area contributed by atoms with E-state index in [1.165, 1.54) is 0 Å². The van der Waals surface area contributed by atoms with Crippen LogP contribution in [0.4, 0.5) is 5.13 Å². The van der Waals surface area contributed by atoms with Crippen LogP contribution in [0.1, 0.15) is 15.9 Å². The van der Waals surface area contributed by atoms with Crippen molar-refractivity contribution in [3.8, 4) is 22.1 Å². The molecule has 0 saturated carbocycles. The number of para-hydroxylation sites is 1. The van der Waals surface area contributed by atoms with E-state index in [4.69, 9.17) is 9.47 Å². The fourth-order valence-corrected chi connectivity index (χ4v) is 4.04. The topological polar surface area (TPSA) is 115 Å². The maximum atomic E-state index is 13.0. The standard InChI is InChI=1S/C23H18N6O3S/c1-31-20-8-3-2-6-15(20)18-11-24-10-9-16(18)21(30)26-22-28-29-23(33-22)32-13-14-5-4-7-19-17(14)12-25-27-19/h2-12H,13H2,1H3,(H,25,27)(H,26,28,30). The first kappa shape index (κ1) is 20.6. The molecule has 5 rings (SSSR count). The highest BCUT2D eigenvalue weighted by molar-refractivity contribution is 7.17. The number of amides is 1. The molecule has 3 heterocycles. The van der Waals surface area contributed by atoms with Crippen LogP contribution in [-0.4, -0.2) is 38.4 Å². The Hall–Kier alpha value is -4.31. The Kier molecular flexibility index (Phi) is 5.64. The number of anilines is 1. The molecule has 10 heteroatoms. The number of hydrogen-bond acceptors (Lipinski definition) is 8. The summed E-state index contributed by atoms with van der Waals surface area (Å²) in [4.78, 5) is 17.2. The van der Waals surface area contributed by atoms with Gasteiger partial charge in [-0.25, -0.2) is 0 Å². The largest absolute Gasteiger partial charge is 0.496 e. The number of aromatic amines is 1. The van der Waals surface area contributed by atoms with Crippen molar-refractivity contribution >= 4 is 33.3 Å². The van der Waals surface area contributed by atoms with Gasteiger partial charge in [-0.3, -0.25) is 20.2 Å². The highest BCUT2D eigenvalue weighted by Crippen LogP contribution is 2.32. The number of ether oxygens (including phenoxy) is 2. The fourth-order valence-electron chi connectivity index (χ4n) is 3.45. The fraction of sp³-hybridized carbons (Fsp3) is 0.0870. The molecule has 0 atom stereocenters. The minimum Gasteiger partial charge on any atom is -0.496 e. The van der Waals surface area contributed by atoms with Gasteiger partial charge in [-0.1, -0.05) is 35.4 Å². The van der Waals surface area contributed by atoms with Gasteiger partial charge in [-0.2, -0.15) is 5.10 Å². The molecule has 0 aliphatic heterocycles. The van der Waals surface area contributed by atoms with Gasteiger partial charge in [0.05, 0.1) is 24.4 Å². The van der Waals surface area contributed by atoms with Gasteiger partial charge >= 0.3 is 0 Å². The second kappa shape index (κ2) is 9.05. The maximum absolute atomic E-state index is 13.0. The maximum Gasteiger partial charge on any atom is 0.296 e. The van der Waals surface area contributed by atoms with Crippen LogP contribution in [0, 0.1) is 0 Å². The Balaban J connectivity index is 1.31. The van der Waals surface area contributed by atoms with Crippen LogP contribution in [0.15, 0.2) is 67.1 Å².